The van der Waals surface area contributed by atoms with Crippen LogP contribution in [0.15, 0.2) is 0 Å². The van der Waals surface area contributed by atoms with Gasteiger partial charge in [-0.25, -0.2) is 0 Å². The van der Waals surface area contributed by atoms with Gasteiger partial charge in [-0.1, -0.05) is 13.3 Å². The zero-order valence-corrected chi connectivity index (χ0v) is 12.6. The van der Waals surface area contributed by atoms with Crippen LogP contribution in [-0.4, -0.2) is 48.3 Å². The van der Waals surface area contributed by atoms with Gasteiger partial charge in [-0.2, -0.15) is 0 Å². The van der Waals surface area contributed by atoms with Crippen molar-refractivity contribution in [2.24, 2.45) is 0 Å². The van der Waals surface area contributed by atoms with Crippen molar-refractivity contribution in [1.82, 2.24) is 10.2 Å². The first-order valence-electron chi connectivity index (χ1n) is 8.42. The Labute approximate surface area is 118 Å². The number of hydrogen-bond acceptors (Lipinski definition) is 3. The Balaban J connectivity index is 1.66. The van der Waals surface area contributed by atoms with E-state index in [0.717, 1.165) is 24.7 Å². The fourth-order valence-corrected chi connectivity index (χ4v) is 4.59. The largest absolute Gasteiger partial charge is 0.377 e. The second kappa shape index (κ2) is 6.11. The third kappa shape index (κ3) is 2.84. The van der Waals surface area contributed by atoms with Gasteiger partial charge in [0.05, 0.1) is 6.10 Å². The van der Waals surface area contributed by atoms with Crippen molar-refractivity contribution in [1.29, 1.82) is 0 Å². The van der Waals surface area contributed by atoms with Crippen LogP contribution < -0.4 is 5.32 Å². The average Bonchev–Trinajstić information content (AvgIpc) is 2.81. The molecule has 0 aromatic rings. The van der Waals surface area contributed by atoms with Crippen LogP contribution >= 0.6 is 0 Å². The molecule has 0 aromatic heterocycles. The third-order valence-electron chi connectivity index (χ3n) is 5.43. The molecular formula is C16H30N2O. The molecular weight excluding hydrogens is 236 g/mol. The molecule has 1 N–H and O–H groups in total. The molecule has 4 atom stereocenters. The summed E-state index contributed by atoms with van der Waals surface area (Å²) in [6.45, 7) is 6.70. The van der Waals surface area contributed by atoms with E-state index in [1.54, 1.807) is 0 Å². The summed E-state index contributed by atoms with van der Waals surface area (Å²) in [6.07, 6.45) is 9.93. The van der Waals surface area contributed by atoms with Gasteiger partial charge < -0.3 is 10.1 Å². The smallest absolute Gasteiger partial charge is 0.0703 e. The van der Waals surface area contributed by atoms with Crippen molar-refractivity contribution in [3.8, 4) is 0 Å². The lowest BCUT2D eigenvalue weighted by atomic mass is 9.80. The minimum Gasteiger partial charge on any atom is -0.377 e. The van der Waals surface area contributed by atoms with Crippen molar-refractivity contribution in [2.75, 3.05) is 13.2 Å². The number of ether oxygens (including phenoxy) is 1. The molecule has 2 bridgehead atoms. The topological polar surface area (TPSA) is 24.5 Å². The van der Waals surface area contributed by atoms with Gasteiger partial charge in [0.2, 0.25) is 0 Å². The highest BCUT2D eigenvalue weighted by atomic mass is 16.5. The fraction of sp³-hybridized carbons (Fsp3) is 1.00. The van der Waals surface area contributed by atoms with Gasteiger partial charge in [0.1, 0.15) is 0 Å². The van der Waals surface area contributed by atoms with E-state index in [2.05, 4.69) is 24.1 Å². The molecule has 0 saturated carbocycles. The van der Waals surface area contributed by atoms with Crippen LogP contribution in [0.25, 0.3) is 0 Å². The Hall–Kier alpha value is -0.120. The maximum absolute atomic E-state index is 5.82. The minimum absolute atomic E-state index is 0.447. The molecule has 19 heavy (non-hydrogen) atoms. The maximum Gasteiger partial charge on any atom is 0.0703 e. The molecule has 110 valence electrons. The minimum atomic E-state index is 0.447. The molecule has 0 aliphatic carbocycles. The summed E-state index contributed by atoms with van der Waals surface area (Å²) in [7, 11) is 0. The van der Waals surface area contributed by atoms with Gasteiger partial charge in [-0.3, -0.25) is 4.90 Å². The van der Waals surface area contributed by atoms with Crippen LogP contribution in [0.4, 0.5) is 0 Å². The SMILES string of the molecule is CCCNC1CC2CCCC(C1)N2C1CCOC1C. The molecule has 3 heteroatoms. The van der Waals surface area contributed by atoms with Crippen LogP contribution in [0.5, 0.6) is 0 Å². The van der Waals surface area contributed by atoms with Crippen molar-refractivity contribution in [3.63, 3.8) is 0 Å². The molecule has 3 rings (SSSR count). The Bertz CT molecular complexity index is 282. The maximum atomic E-state index is 5.82. The third-order valence-corrected chi connectivity index (χ3v) is 5.43. The predicted octanol–water partition coefficient (Wildman–Crippen LogP) is 2.55. The van der Waals surface area contributed by atoms with Crippen LogP contribution in [0, 0.1) is 0 Å². The van der Waals surface area contributed by atoms with Gasteiger partial charge >= 0.3 is 0 Å². The fourth-order valence-electron chi connectivity index (χ4n) is 4.59. The van der Waals surface area contributed by atoms with E-state index in [4.69, 9.17) is 4.74 Å². The highest BCUT2D eigenvalue weighted by Crippen LogP contribution is 2.38. The Morgan fingerprint density at radius 3 is 2.47 bits per heavy atom. The number of nitrogens with one attached hydrogen (secondary N) is 1. The monoisotopic (exact) mass is 266 g/mol. The number of hydrogen-bond donors (Lipinski definition) is 1. The molecule has 3 saturated heterocycles. The lowest BCUT2D eigenvalue weighted by Gasteiger charge is -2.52. The lowest BCUT2D eigenvalue weighted by Crippen LogP contribution is -2.60. The summed E-state index contributed by atoms with van der Waals surface area (Å²) in [4.78, 5) is 2.87. The van der Waals surface area contributed by atoms with E-state index < -0.39 is 0 Å². The van der Waals surface area contributed by atoms with Crippen LogP contribution in [-0.2, 0) is 4.74 Å². The summed E-state index contributed by atoms with van der Waals surface area (Å²) < 4.78 is 5.82. The summed E-state index contributed by atoms with van der Waals surface area (Å²) >= 11 is 0. The molecule has 3 aliphatic heterocycles. The van der Waals surface area contributed by atoms with Crippen LogP contribution in [0.1, 0.15) is 58.8 Å². The molecule has 3 nitrogen and oxygen atoms in total. The predicted molar refractivity (Wildman–Crippen MR) is 78.4 cm³/mol. The number of fused-ring (bicyclic) bond motifs is 2. The Morgan fingerprint density at radius 1 is 1.16 bits per heavy atom. The Kier molecular flexibility index (Phi) is 4.45. The highest BCUT2D eigenvalue weighted by Gasteiger charge is 2.44. The van der Waals surface area contributed by atoms with E-state index in [9.17, 15) is 0 Å². The molecule has 0 aromatic carbocycles. The lowest BCUT2D eigenvalue weighted by molar-refractivity contribution is -0.0328. The first-order chi connectivity index (χ1) is 9.29. The van der Waals surface area contributed by atoms with Gasteiger partial charge in [0.15, 0.2) is 0 Å². The quantitative estimate of drug-likeness (QED) is 0.846. The van der Waals surface area contributed by atoms with E-state index >= 15 is 0 Å². The van der Waals surface area contributed by atoms with Gasteiger partial charge in [0.25, 0.3) is 0 Å². The standard InChI is InChI=1S/C16H30N2O/c1-3-8-17-13-10-14-5-4-6-15(11-13)18(14)16-7-9-19-12(16)2/h12-17H,3-11H2,1-2H3. The zero-order chi connectivity index (χ0) is 13.2. The van der Waals surface area contributed by atoms with Crippen molar-refractivity contribution in [2.45, 2.75) is 89.1 Å². The molecule has 4 unspecified atom stereocenters. The average molecular weight is 266 g/mol. The second-order valence-corrected chi connectivity index (χ2v) is 6.74. The number of piperidine rings is 2. The van der Waals surface area contributed by atoms with Crippen LogP contribution in [0.3, 0.4) is 0 Å². The van der Waals surface area contributed by atoms with Crippen molar-refractivity contribution in [3.05, 3.63) is 0 Å². The van der Waals surface area contributed by atoms with Crippen LogP contribution in [0.2, 0.25) is 0 Å². The molecule has 3 heterocycles. The number of nitrogens with zero attached hydrogens (tertiary/aromatic N) is 1. The molecule has 0 radical (unpaired) electrons. The van der Waals surface area contributed by atoms with Gasteiger partial charge in [0, 0.05) is 30.8 Å². The zero-order valence-electron chi connectivity index (χ0n) is 12.6. The summed E-state index contributed by atoms with van der Waals surface area (Å²) in [5.41, 5.74) is 0. The van der Waals surface area contributed by atoms with E-state index in [-0.39, 0.29) is 0 Å². The summed E-state index contributed by atoms with van der Waals surface area (Å²) in [5, 5.41) is 3.76. The molecule has 0 amide bonds. The first-order valence-corrected chi connectivity index (χ1v) is 8.42. The summed E-state index contributed by atoms with van der Waals surface area (Å²) in [5.74, 6) is 0. The molecule has 3 fully saturated rings. The molecule has 3 aliphatic rings. The number of rotatable bonds is 4. The van der Waals surface area contributed by atoms with E-state index in [1.807, 2.05) is 0 Å². The van der Waals surface area contributed by atoms with E-state index in [1.165, 1.54) is 51.5 Å². The van der Waals surface area contributed by atoms with E-state index in [0.29, 0.717) is 12.1 Å². The van der Waals surface area contributed by atoms with Crippen molar-refractivity contribution >= 4 is 0 Å². The van der Waals surface area contributed by atoms with Gasteiger partial charge in [-0.15, -0.1) is 0 Å². The highest BCUT2D eigenvalue weighted by molar-refractivity contribution is 4.99. The summed E-state index contributed by atoms with van der Waals surface area (Å²) in [6, 6.07) is 3.10. The van der Waals surface area contributed by atoms with Crippen molar-refractivity contribution < 1.29 is 4.74 Å². The molecule has 0 spiro atoms. The normalized spacial score (nSPS) is 43.6. The Morgan fingerprint density at radius 2 is 1.89 bits per heavy atom. The first kappa shape index (κ1) is 13.8. The van der Waals surface area contributed by atoms with Gasteiger partial charge in [-0.05, 0) is 52.0 Å². The second-order valence-electron chi connectivity index (χ2n) is 6.74.